The minimum atomic E-state index is -3.35. The minimum Gasteiger partial charge on any atom is -0.325 e. The highest BCUT2D eigenvalue weighted by Gasteiger charge is 2.22. The van der Waals surface area contributed by atoms with Gasteiger partial charge in [0.25, 0.3) is 0 Å². The standard InChI is InChI=1S/C14H20Cl2N2O3S/c1-4-10(2)18(22(3,20)21)8-7-14(19)17-13-9-11(15)5-6-12(13)16/h5-6,9-10H,4,7-8H2,1-3H3,(H,17,19). The van der Waals surface area contributed by atoms with Crippen LogP contribution >= 0.6 is 23.2 Å². The Morgan fingerprint density at radius 1 is 1.36 bits per heavy atom. The molecule has 0 saturated carbocycles. The average Bonchev–Trinajstić information content (AvgIpc) is 2.41. The molecule has 5 nitrogen and oxygen atoms in total. The highest BCUT2D eigenvalue weighted by Crippen LogP contribution is 2.25. The van der Waals surface area contributed by atoms with Gasteiger partial charge in [0.15, 0.2) is 0 Å². The van der Waals surface area contributed by atoms with Gasteiger partial charge in [0, 0.05) is 24.0 Å². The second-order valence-electron chi connectivity index (χ2n) is 5.05. The highest BCUT2D eigenvalue weighted by atomic mass is 35.5. The summed E-state index contributed by atoms with van der Waals surface area (Å²) < 4.78 is 24.8. The number of hydrogen-bond donors (Lipinski definition) is 1. The quantitative estimate of drug-likeness (QED) is 0.803. The molecule has 1 amide bonds. The van der Waals surface area contributed by atoms with E-state index in [-0.39, 0.29) is 24.9 Å². The normalized spacial score (nSPS) is 13.2. The van der Waals surface area contributed by atoms with Crippen molar-refractivity contribution in [1.29, 1.82) is 0 Å². The van der Waals surface area contributed by atoms with Crippen LogP contribution in [0.2, 0.25) is 10.0 Å². The molecule has 1 aromatic carbocycles. The third-order valence-corrected chi connectivity index (χ3v) is 5.23. The summed E-state index contributed by atoms with van der Waals surface area (Å²) in [5.41, 5.74) is 0.411. The number of rotatable bonds is 7. The Morgan fingerprint density at radius 2 is 2.00 bits per heavy atom. The highest BCUT2D eigenvalue weighted by molar-refractivity contribution is 7.88. The maximum atomic E-state index is 12.0. The lowest BCUT2D eigenvalue weighted by atomic mass is 10.2. The smallest absolute Gasteiger partial charge is 0.225 e. The molecule has 0 bridgehead atoms. The van der Waals surface area contributed by atoms with E-state index < -0.39 is 10.0 Å². The molecule has 1 N–H and O–H groups in total. The maximum absolute atomic E-state index is 12.0. The van der Waals surface area contributed by atoms with Crippen molar-refractivity contribution in [2.75, 3.05) is 18.1 Å². The first-order chi connectivity index (χ1) is 10.1. The molecule has 0 radical (unpaired) electrons. The van der Waals surface area contributed by atoms with Crippen LogP contribution in [-0.2, 0) is 14.8 Å². The fourth-order valence-corrected chi connectivity index (χ4v) is 3.50. The van der Waals surface area contributed by atoms with Gasteiger partial charge in [-0.1, -0.05) is 30.1 Å². The van der Waals surface area contributed by atoms with Crippen LogP contribution in [0.25, 0.3) is 0 Å². The van der Waals surface area contributed by atoms with Gasteiger partial charge in [0.2, 0.25) is 15.9 Å². The summed E-state index contributed by atoms with van der Waals surface area (Å²) in [5.74, 6) is -0.318. The van der Waals surface area contributed by atoms with E-state index in [0.717, 1.165) is 6.26 Å². The van der Waals surface area contributed by atoms with Crippen molar-refractivity contribution in [3.63, 3.8) is 0 Å². The second-order valence-corrected chi connectivity index (χ2v) is 7.83. The van der Waals surface area contributed by atoms with Gasteiger partial charge in [-0.15, -0.1) is 0 Å². The zero-order valence-corrected chi connectivity index (χ0v) is 15.1. The van der Waals surface area contributed by atoms with Crippen molar-refractivity contribution in [2.24, 2.45) is 0 Å². The summed E-state index contributed by atoms with van der Waals surface area (Å²) in [5, 5.41) is 3.47. The number of halogens is 2. The Balaban J connectivity index is 2.70. The number of sulfonamides is 1. The zero-order valence-electron chi connectivity index (χ0n) is 12.8. The van der Waals surface area contributed by atoms with Gasteiger partial charge in [0.1, 0.15) is 0 Å². The van der Waals surface area contributed by atoms with Crippen LogP contribution < -0.4 is 5.32 Å². The van der Waals surface area contributed by atoms with Crippen molar-refractivity contribution in [1.82, 2.24) is 4.31 Å². The van der Waals surface area contributed by atoms with Crippen molar-refractivity contribution < 1.29 is 13.2 Å². The van der Waals surface area contributed by atoms with Gasteiger partial charge in [-0.05, 0) is 31.5 Å². The molecule has 0 spiro atoms. The number of amides is 1. The lowest BCUT2D eigenvalue weighted by Crippen LogP contribution is -2.39. The van der Waals surface area contributed by atoms with Crippen LogP contribution in [0, 0.1) is 0 Å². The Morgan fingerprint density at radius 3 is 2.55 bits per heavy atom. The van der Waals surface area contributed by atoms with Crippen LogP contribution in [0.1, 0.15) is 26.7 Å². The van der Waals surface area contributed by atoms with E-state index in [1.54, 1.807) is 18.2 Å². The molecular formula is C14H20Cl2N2O3S. The first-order valence-corrected chi connectivity index (χ1v) is 9.47. The summed E-state index contributed by atoms with van der Waals surface area (Å²) in [6.07, 6.45) is 1.86. The van der Waals surface area contributed by atoms with Gasteiger partial charge in [0.05, 0.1) is 17.0 Å². The molecule has 0 saturated heterocycles. The third-order valence-electron chi connectivity index (χ3n) is 3.27. The molecule has 8 heteroatoms. The monoisotopic (exact) mass is 366 g/mol. The Labute approximate surface area is 141 Å². The van der Waals surface area contributed by atoms with Crippen molar-refractivity contribution in [2.45, 2.75) is 32.7 Å². The molecule has 0 aliphatic carbocycles. The van der Waals surface area contributed by atoms with Gasteiger partial charge in [-0.25, -0.2) is 8.42 Å². The minimum absolute atomic E-state index is 0.0419. The Hall–Kier alpha value is -0.820. The molecule has 0 heterocycles. The molecule has 124 valence electrons. The van der Waals surface area contributed by atoms with Crippen molar-refractivity contribution in [3.8, 4) is 0 Å². The number of nitrogens with zero attached hydrogens (tertiary/aromatic N) is 1. The molecular weight excluding hydrogens is 347 g/mol. The second kappa shape index (κ2) is 8.15. The lowest BCUT2D eigenvalue weighted by molar-refractivity contribution is -0.116. The van der Waals surface area contributed by atoms with Gasteiger partial charge in [-0.3, -0.25) is 4.79 Å². The summed E-state index contributed by atoms with van der Waals surface area (Å²) in [6, 6.07) is 4.60. The first-order valence-electron chi connectivity index (χ1n) is 6.86. The van der Waals surface area contributed by atoms with Gasteiger partial charge < -0.3 is 5.32 Å². The topological polar surface area (TPSA) is 66.5 Å². The summed E-state index contributed by atoms with van der Waals surface area (Å²) in [7, 11) is -3.35. The summed E-state index contributed by atoms with van der Waals surface area (Å²) in [6.45, 7) is 3.83. The predicted molar refractivity (Wildman–Crippen MR) is 91.0 cm³/mol. The predicted octanol–water partition coefficient (Wildman–Crippen LogP) is 3.38. The molecule has 1 rings (SSSR count). The molecule has 1 aromatic rings. The molecule has 0 aliphatic heterocycles. The number of hydrogen-bond acceptors (Lipinski definition) is 3. The van der Waals surface area contributed by atoms with Crippen molar-refractivity contribution in [3.05, 3.63) is 28.2 Å². The van der Waals surface area contributed by atoms with E-state index >= 15 is 0 Å². The van der Waals surface area contributed by atoms with Crippen LogP contribution in [0.5, 0.6) is 0 Å². The average molecular weight is 367 g/mol. The molecule has 1 atom stereocenters. The van der Waals surface area contributed by atoms with E-state index in [1.807, 2.05) is 13.8 Å². The maximum Gasteiger partial charge on any atom is 0.225 e. The SMILES string of the molecule is CCC(C)N(CCC(=O)Nc1cc(Cl)ccc1Cl)S(C)(=O)=O. The number of nitrogens with one attached hydrogen (secondary N) is 1. The van der Waals surface area contributed by atoms with Gasteiger partial charge >= 0.3 is 0 Å². The number of carbonyl (C=O) groups is 1. The summed E-state index contributed by atoms with van der Waals surface area (Å²) >= 11 is 11.8. The number of benzene rings is 1. The van der Waals surface area contributed by atoms with Gasteiger partial charge in [-0.2, -0.15) is 4.31 Å². The zero-order chi connectivity index (χ0) is 16.9. The van der Waals surface area contributed by atoms with Crippen LogP contribution in [-0.4, -0.2) is 37.5 Å². The van der Waals surface area contributed by atoms with E-state index in [2.05, 4.69) is 5.32 Å². The molecule has 0 aliphatic rings. The Bertz CT molecular complexity index is 635. The number of anilines is 1. The fraction of sp³-hybridized carbons (Fsp3) is 0.500. The van der Waals surface area contributed by atoms with E-state index in [9.17, 15) is 13.2 Å². The number of carbonyl (C=O) groups excluding carboxylic acids is 1. The van der Waals surface area contributed by atoms with E-state index in [4.69, 9.17) is 23.2 Å². The third kappa shape index (κ3) is 5.76. The van der Waals surface area contributed by atoms with Crippen LogP contribution in [0.4, 0.5) is 5.69 Å². The molecule has 0 fully saturated rings. The van der Waals surface area contributed by atoms with E-state index in [0.29, 0.717) is 22.2 Å². The first kappa shape index (κ1) is 19.2. The molecule has 0 aromatic heterocycles. The summed E-state index contributed by atoms with van der Waals surface area (Å²) in [4.78, 5) is 12.0. The van der Waals surface area contributed by atoms with Crippen LogP contribution in [0.15, 0.2) is 18.2 Å². The van der Waals surface area contributed by atoms with E-state index in [1.165, 1.54) is 4.31 Å². The fourth-order valence-electron chi connectivity index (χ4n) is 1.93. The molecule has 1 unspecified atom stereocenters. The lowest BCUT2D eigenvalue weighted by Gasteiger charge is -2.25. The molecule has 22 heavy (non-hydrogen) atoms. The largest absolute Gasteiger partial charge is 0.325 e. The Kier molecular flexibility index (Phi) is 7.12. The van der Waals surface area contributed by atoms with Crippen molar-refractivity contribution >= 4 is 44.8 Å². The van der Waals surface area contributed by atoms with Crippen LogP contribution in [0.3, 0.4) is 0 Å².